The zero-order valence-corrected chi connectivity index (χ0v) is 14.3. The second-order valence-corrected chi connectivity index (χ2v) is 6.14. The van der Waals surface area contributed by atoms with Gasteiger partial charge in [-0.3, -0.25) is 5.84 Å². The van der Waals surface area contributed by atoms with Crippen LogP contribution >= 0.6 is 34.8 Å². The summed E-state index contributed by atoms with van der Waals surface area (Å²) in [7, 11) is 0. The van der Waals surface area contributed by atoms with E-state index in [4.69, 9.17) is 40.6 Å². The van der Waals surface area contributed by atoms with Crippen LogP contribution in [0.2, 0.25) is 15.1 Å². The number of nitrogens with one attached hydrogen (secondary N) is 1. The van der Waals surface area contributed by atoms with Crippen molar-refractivity contribution < 1.29 is 13.2 Å². The lowest BCUT2D eigenvalue weighted by atomic mass is 9.97. The number of benzene rings is 2. The van der Waals surface area contributed by atoms with Gasteiger partial charge in [0.25, 0.3) is 0 Å². The first-order valence-electron chi connectivity index (χ1n) is 6.68. The van der Waals surface area contributed by atoms with Crippen molar-refractivity contribution in [1.82, 2.24) is 0 Å². The third-order valence-electron chi connectivity index (χ3n) is 3.28. The second kappa shape index (κ2) is 7.66. The predicted octanol–water partition coefficient (Wildman–Crippen LogP) is 6.29. The van der Waals surface area contributed by atoms with Crippen molar-refractivity contribution >= 4 is 46.6 Å². The Morgan fingerprint density at radius 1 is 1.00 bits per heavy atom. The van der Waals surface area contributed by atoms with Crippen LogP contribution in [0.4, 0.5) is 18.9 Å². The van der Waals surface area contributed by atoms with Crippen LogP contribution in [0.1, 0.15) is 17.0 Å². The molecular weight excluding hydrogens is 384 g/mol. The summed E-state index contributed by atoms with van der Waals surface area (Å²) in [5.74, 6) is 3.38. The van der Waals surface area contributed by atoms with Gasteiger partial charge in [0.15, 0.2) is 0 Å². The van der Waals surface area contributed by atoms with Crippen molar-refractivity contribution in [1.29, 1.82) is 0 Å². The first-order valence-corrected chi connectivity index (χ1v) is 7.82. The summed E-state index contributed by atoms with van der Waals surface area (Å²) < 4.78 is 40.2. The fourth-order valence-electron chi connectivity index (χ4n) is 2.06. The van der Waals surface area contributed by atoms with Crippen LogP contribution in [0.3, 0.4) is 0 Å². The highest BCUT2D eigenvalue weighted by atomic mass is 35.5. The molecule has 1 unspecified atom stereocenters. The lowest BCUT2D eigenvalue weighted by Crippen LogP contribution is -2.19. The van der Waals surface area contributed by atoms with E-state index >= 15 is 0 Å². The van der Waals surface area contributed by atoms with Gasteiger partial charge in [0.05, 0.1) is 21.0 Å². The highest BCUT2D eigenvalue weighted by Crippen LogP contribution is 2.41. The molecule has 0 aliphatic heterocycles. The number of hydrogen-bond donors (Lipinski definition) is 2. The van der Waals surface area contributed by atoms with E-state index in [2.05, 4.69) is 5.43 Å². The molecule has 2 rings (SSSR count). The number of allylic oxidation sites excluding steroid dienone is 1. The Morgan fingerprint density at radius 3 is 2.00 bits per heavy atom. The molecule has 0 amide bonds. The van der Waals surface area contributed by atoms with Gasteiger partial charge in [0.1, 0.15) is 0 Å². The molecule has 0 aromatic heterocycles. The minimum Gasteiger partial charge on any atom is -0.324 e. The fourth-order valence-corrected chi connectivity index (χ4v) is 2.67. The highest BCUT2D eigenvalue weighted by Gasteiger charge is 2.39. The summed E-state index contributed by atoms with van der Waals surface area (Å²) >= 11 is 17.5. The number of alkyl halides is 3. The Kier molecular flexibility index (Phi) is 6.04. The topological polar surface area (TPSA) is 38.0 Å². The fraction of sp³-hybridized carbons (Fsp3) is 0.125. The highest BCUT2D eigenvalue weighted by molar-refractivity contribution is 6.48. The molecule has 0 aliphatic rings. The van der Waals surface area contributed by atoms with E-state index < -0.39 is 12.1 Å². The molecule has 0 bridgehead atoms. The summed E-state index contributed by atoms with van der Waals surface area (Å²) in [6.45, 7) is 0. The second-order valence-electron chi connectivity index (χ2n) is 4.94. The molecule has 0 saturated heterocycles. The minimum atomic E-state index is -4.50. The number of hydrogen-bond acceptors (Lipinski definition) is 2. The maximum Gasteiger partial charge on any atom is 0.399 e. The summed E-state index contributed by atoms with van der Waals surface area (Å²) in [6, 6.07) is 8.91. The Hall–Kier alpha value is -1.40. The SMILES string of the molecule is NNc1ccc(C=CC(c2cc(Cl)c(Cl)c(Cl)c2)C(F)(F)F)cc1. The van der Waals surface area contributed by atoms with E-state index in [1.54, 1.807) is 24.3 Å². The zero-order chi connectivity index (χ0) is 17.9. The Labute approximate surface area is 152 Å². The molecule has 0 heterocycles. The zero-order valence-electron chi connectivity index (χ0n) is 12.0. The number of anilines is 1. The van der Waals surface area contributed by atoms with Gasteiger partial charge in [-0.05, 0) is 35.4 Å². The summed E-state index contributed by atoms with van der Waals surface area (Å²) in [5, 5.41) is -0.0303. The van der Waals surface area contributed by atoms with Crippen LogP contribution in [0.15, 0.2) is 42.5 Å². The summed E-state index contributed by atoms with van der Waals surface area (Å²) in [5.41, 5.74) is 3.60. The smallest absolute Gasteiger partial charge is 0.324 e. The maximum absolute atomic E-state index is 13.4. The molecule has 2 aromatic rings. The number of halogens is 6. The molecule has 3 N–H and O–H groups in total. The van der Waals surface area contributed by atoms with Crippen molar-refractivity contribution in [3.63, 3.8) is 0 Å². The van der Waals surface area contributed by atoms with Gasteiger partial charge in [-0.25, -0.2) is 0 Å². The quantitative estimate of drug-likeness (QED) is 0.362. The number of nitrogens with two attached hydrogens (primary N) is 1. The van der Waals surface area contributed by atoms with Gasteiger partial charge in [-0.15, -0.1) is 0 Å². The number of rotatable bonds is 4. The van der Waals surface area contributed by atoms with E-state index in [1.165, 1.54) is 18.2 Å². The third kappa shape index (κ3) is 4.57. The monoisotopic (exact) mass is 394 g/mol. The molecule has 1 atom stereocenters. The molecule has 0 saturated carbocycles. The van der Waals surface area contributed by atoms with Gasteiger partial charge in [-0.2, -0.15) is 13.2 Å². The Balaban J connectivity index is 2.37. The van der Waals surface area contributed by atoms with Crippen LogP contribution in [0.25, 0.3) is 6.08 Å². The maximum atomic E-state index is 13.4. The normalized spacial score (nSPS) is 13.3. The molecule has 2 nitrogen and oxygen atoms in total. The van der Waals surface area contributed by atoms with E-state index in [9.17, 15) is 13.2 Å². The Bertz CT molecular complexity index is 720. The van der Waals surface area contributed by atoms with E-state index in [1.807, 2.05) is 0 Å². The van der Waals surface area contributed by atoms with Gasteiger partial charge >= 0.3 is 6.18 Å². The average molecular weight is 396 g/mol. The molecule has 24 heavy (non-hydrogen) atoms. The average Bonchev–Trinajstić information content (AvgIpc) is 2.52. The Morgan fingerprint density at radius 2 is 1.54 bits per heavy atom. The molecule has 0 fully saturated rings. The van der Waals surface area contributed by atoms with Crippen molar-refractivity contribution in [3.8, 4) is 0 Å². The van der Waals surface area contributed by atoms with Crippen LogP contribution in [-0.4, -0.2) is 6.18 Å². The van der Waals surface area contributed by atoms with Crippen LogP contribution in [0.5, 0.6) is 0 Å². The summed E-state index contributed by atoms with van der Waals surface area (Å²) in [6.07, 6.45) is -2.09. The van der Waals surface area contributed by atoms with E-state index in [0.717, 1.165) is 6.08 Å². The van der Waals surface area contributed by atoms with E-state index in [-0.39, 0.29) is 20.6 Å². The molecule has 0 spiro atoms. The lowest BCUT2D eigenvalue weighted by molar-refractivity contribution is -0.139. The van der Waals surface area contributed by atoms with Crippen molar-refractivity contribution in [3.05, 3.63) is 68.7 Å². The minimum absolute atomic E-state index is 0.0249. The van der Waals surface area contributed by atoms with Gasteiger partial charge in [0, 0.05) is 5.69 Å². The van der Waals surface area contributed by atoms with Gasteiger partial charge in [-0.1, -0.05) is 59.1 Å². The lowest BCUT2D eigenvalue weighted by Gasteiger charge is -2.18. The first-order chi connectivity index (χ1) is 11.2. The number of nitrogen functional groups attached to an aromatic ring is 1. The van der Waals surface area contributed by atoms with Crippen molar-refractivity contribution in [2.75, 3.05) is 5.43 Å². The standard InChI is InChI=1S/C16H12Cl3F3N2/c17-13-7-10(8-14(18)15(13)19)12(16(20,21)22)6-3-9-1-4-11(24-23)5-2-9/h1-8,12,24H,23H2. The number of hydrazine groups is 1. The van der Waals surface area contributed by atoms with Crippen LogP contribution in [0, 0.1) is 0 Å². The largest absolute Gasteiger partial charge is 0.399 e. The molecule has 2 aromatic carbocycles. The summed E-state index contributed by atoms with van der Waals surface area (Å²) in [4.78, 5) is 0. The van der Waals surface area contributed by atoms with Crippen molar-refractivity contribution in [2.45, 2.75) is 12.1 Å². The molecule has 0 aliphatic carbocycles. The molecule has 128 valence electrons. The molecular formula is C16H12Cl3F3N2. The molecule has 8 heteroatoms. The van der Waals surface area contributed by atoms with Gasteiger partial charge in [0.2, 0.25) is 0 Å². The van der Waals surface area contributed by atoms with Gasteiger partial charge < -0.3 is 5.43 Å². The first kappa shape index (κ1) is 18.9. The molecule has 0 radical (unpaired) electrons. The van der Waals surface area contributed by atoms with Crippen LogP contribution in [-0.2, 0) is 0 Å². The third-order valence-corrected chi connectivity index (χ3v) is 4.47. The van der Waals surface area contributed by atoms with Crippen molar-refractivity contribution in [2.24, 2.45) is 5.84 Å². The van der Waals surface area contributed by atoms with E-state index in [0.29, 0.717) is 11.3 Å². The predicted molar refractivity (Wildman–Crippen MR) is 93.6 cm³/mol. The van der Waals surface area contributed by atoms with Crippen LogP contribution < -0.4 is 11.3 Å².